The number of aromatic nitrogens is 1. The van der Waals surface area contributed by atoms with Crippen LogP contribution in [0.1, 0.15) is 28.2 Å². The molecule has 102 valence electrons. The van der Waals surface area contributed by atoms with Crippen molar-refractivity contribution in [1.82, 2.24) is 10.3 Å². The lowest BCUT2D eigenvalue weighted by Crippen LogP contribution is -2.24. The molecule has 0 bridgehead atoms. The molecule has 1 amide bonds. The highest BCUT2D eigenvalue weighted by Crippen LogP contribution is 2.05. The lowest BCUT2D eigenvalue weighted by molar-refractivity contribution is 0.0943. The molecule has 2 heterocycles. The molecule has 5 heteroatoms. The maximum absolute atomic E-state index is 12.1. The average molecular weight is 270 g/mol. The van der Waals surface area contributed by atoms with E-state index in [-0.39, 0.29) is 18.2 Å². The molecule has 0 fully saturated rings. The van der Waals surface area contributed by atoms with Crippen molar-refractivity contribution in [3.8, 4) is 11.8 Å². The molecule has 2 aromatic heterocycles. The quantitative estimate of drug-likeness (QED) is 0.822. The number of carbonyl (C=O) groups is 1. The molecule has 2 N–H and O–H groups in total. The molecule has 0 radical (unpaired) electrons. The Bertz CT molecular complexity index is 624. The SMILES string of the molecule is O=C(NCc1ccco1)c1ncccc1C#CCCO. The third-order valence-electron chi connectivity index (χ3n) is 2.49. The van der Waals surface area contributed by atoms with Crippen LogP contribution >= 0.6 is 0 Å². The van der Waals surface area contributed by atoms with E-state index in [1.807, 2.05) is 0 Å². The fourth-order valence-corrected chi connectivity index (χ4v) is 1.57. The summed E-state index contributed by atoms with van der Waals surface area (Å²) < 4.78 is 5.14. The van der Waals surface area contributed by atoms with Crippen molar-refractivity contribution in [2.24, 2.45) is 0 Å². The molecule has 0 spiro atoms. The number of hydrogen-bond acceptors (Lipinski definition) is 4. The number of rotatable bonds is 4. The van der Waals surface area contributed by atoms with E-state index < -0.39 is 0 Å². The molecule has 0 atom stereocenters. The fraction of sp³-hybridized carbons (Fsp3) is 0.200. The summed E-state index contributed by atoms with van der Waals surface area (Å²) in [7, 11) is 0. The minimum Gasteiger partial charge on any atom is -0.467 e. The number of furan rings is 1. The Morgan fingerprint density at radius 2 is 2.30 bits per heavy atom. The van der Waals surface area contributed by atoms with Gasteiger partial charge in [-0.3, -0.25) is 4.79 Å². The highest BCUT2D eigenvalue weighted by Gasteiger charge is 2.11. The summed E-state index contributed by atoms with van der Waals surface area (Å²) in [6, 6.07) is 6.97. The topological polar surface area (TPSA) is 75.4 Å². The van der Waals surface area contributed by atoms with Crippen molar-refractivity contribution in [3.05, 3.63) is 53.7 Å². The van der Waals surface area contributed by atoms with Crippen LogP contribution in [0.3, 0.4) is 0 Å². The van der Waals surface area contributed by atoms with Crippen molar-refractivity contribution < 1.29 is 14.3 Å². The van der Waals surface area contributed by atoms with Crippen molar-refractivity contribution in [2.75, 3.05) is 6.61 Å². The monoisotopic (exact) mass is 270 g/mol. The Morgan fingerprint density at radius 3 is 3.05 bits per heavy atom. The predicted molar refractivity (Wildman–Crippen MR) is 72.7 cm³/mol. The number of pyridine rings is 1. The van der Waals surface area contributed by atoms with Gasteiger partial charge < -0.3 is 14.8 Å². The van der Waals surface area contributed by atoms with Crippen molar-refractivity contribution >= 4 is 5.91 Å². The summed E-state index contributed by atoms with van der Waals surface area (Å²) in [5.74, 6) is 5.97. The van der Waals surface area contributed by atoms with E-state index in [9.17, 15) is 4.79 Å². The van der Waals surface area contributed by atoms with Gasteiger partial charge in [0.1, 0.15) is 11.5 Å². The van der Waals surface area contributed by atoms with E-state index in [0.29, 0.717) is 24.3 Å². The highest BCUT2D eigenvalue weighted by atomic mass is 16.3. The van der Waals surface area contributed by atoms with Gasteiger partial charge in [-0.1, -0.05) is 11.8 Å². The van der Waals surface area contributed by atoms with Crippen LogP contribution in [0.2, 0.25) is 0 Å². The summed E-state index contributed by atoms with van der Waals surface area (Å²) in [4.78, 5) is 16.1. The molecule has 0 unspecified atom stereocenters. The number of hydrogen-bond donors (Lipinski definition) is 2. The number of carbonyl (C=O) groups excluding carboxylic acids is 1. The number of amides is 1. The Labute approximate surface area is 116 Å². The first-order chi connectivity index (χ1) is 9.81. The fourth-order valence-electron chi connectivity index (χ4n) is 1.57. The number of nitrogens with zero attached hydrogens (tertiary/aromatic N) is 1. The van der Waals surface area contributed by atoms with E-state index in [1.165, 1.54) is 0 Å². The minimum absolute atomic E-state index is 0.00666. The van der Waals surface area contributed by atoms with E-state index >= 15 is 0 Å². The van der Waals surface area contributed by atoms with Gasteiger partial charge in [-0.2, -0.15) is 0 Å². The van der Waals surface area contributed by atoms with Crippen LogP contribution in [0.25, 0.3) is 0 Å². The van der Waals surface area contributed by atoms with Gasteiger partial charge in [0.15, 0.2) is 0 Å². The lowest BCUT2D eigenvalue weighted by atomic mass is 10.2. The van der Waals surface area contributed by atoms with Gasteiger partial charge in [-0.05, 0) is 24.3 Å². The van der Waals surface area contributed by atoms with E-state index in [2.05, 4.69) is 22.1 Å². The standard InChI is InChI=1S/C15H14N2O3/c18-9-2-1-5-12-6-3-8-16-14(12)15(19)17-11-13-7-4-10-20-13/h3-4,6-8,10,18H,2,9,11H2,(H,17,19). The van der Waals surface area contributed by atoms with Crippen LogP contribution in [-0.4, -0.2) is 22.6 Å². The Balaban J connectivity index is 2.07. The summed E-state index contributed by atoms with van der Waals surface area (Å²) in [5.41, 5.74) is 0.808. The van der Waals surface area contributed by atoms with E-state index in [0.717, 1.165) is 0 Å². The molecule has 0 aliphatic heterocycles. The minimum atomic E-state index is -0.310. The van der Waals surface area contributed by atoms with E-state index in [1.54, 1.807) is 36.7 Å². The summed E-state index contributed by atoms with van der Waals surface area (Å²) >= 11 is 0. The molecule has 20 heavy (non-hydrogen) atoms. The largest absolute Gasteiger partial charge is 0.467 e. The zero-order chi connectivity index (χ0) is 14.2. The van der Waals surface area contributed by atoms with Gasteiger partial charge in [-0.15, -0.1) is 0 Å². The molecule has 0 saturated heterocycles. The maximum Gasteiger partial charge on any atom is 0.271 e. The Hall–Kier alpha value is -2.58. The third kappa shape index (κ3) is 3.70. The first-order valence-corrected chi connectivity index (χ1v) is 6.16. The number of aliphatic hydroxyl groups is 1. The van der Waals surface area contributed by atoms with Gasteiger partial charge in [0.25, 0.3) is 5.91 Å². The molecule has 0 aromatic carbocycles. The van der Waals surface area contributed by atoms with Crippen molar-refractivity contribution in [2.45, 2.75) is 13.0 Å². The molecule has 0 saturated carbocycles. The second kappa shape index (κ2) is 7.12. The molecule has 2 aromatic rings. The summed E-state index contributed by atoms with van der Waals surface area (Å²) in [6.45, 7) is 0.291. The maximum atomic E-state index is 12.1. The Kier molecular flexibility index (Phi) is 4.93. The van der Waals surface area contributed by atoms with Gasteiger partial charge >= 0.3 is 0 Å². The molecule has 0 aliphatic carbocycles. The predicted octanol–water partition coefficient (Wildman–Crippen LogP) is 1.34. The molecular formula is C15H14N2O3. The molecule has 5 nitrogen and oxygen atoms in total. The van der Waals surface area contributed by atoms with Gasteiger partial charge in [0.2, 0.25) is 0 Å². The van der Waals surface area contributed by atoms with Crippen LogP contribution in [0, 0.1) is 11.8 Å². The zero-order valence-corrected chi connectivity index (χ0v) is 10.8. The second-order valence-electron chi connectivity index (χ2n) is 3.94. The van der Waals surface area contributed by atoms with Crippen LogP contribution in [0.4, 0.5) is 0 Å². The van der Waals surface area contributed by atoms with Crippen LogP contribution < -0.4 is 5.32 Å². The molecular weight excluding hydrogens is 256 g/mol. The first-order valence-electron chi connectivity index (χ1n) is 6.16. The van der Waals surface area contributed by atoms with Gasteiger partial charge in [-0.25, -0.2) is 4.98 Å². The Morgan fingerprint density at radius 1 is 1.40 bits per heavy atom. The lowest BCUT2D eigenvalue weighted by Gasteiger charge is -2.04. The third-order valence-corrected chi connectivity index (χ3v) is 2.49. The van der Waals surface area contributed by atoms with Crippen molar-refractivity contribution in [1.29, 1.82) is 0 Å². The summed E-state index contributed by atoms with van der Waals surface area (Å²) in [6.07, 6.45) is 3.45. The first kappa shape index (κ1) is 13.8. The van der Waals surface area contributed by atoms with E-state index in [4.69, 9.17) is 9.52 Å². The van der Waals surface area contributed by atoms with Gasteiger partial charge in [0.05, 0.1) is 25.0 Å². The van der Waals surface area contributed by atoms with Crippen LogP contribution in [-0.2, 0) is 6.54 Å². The zero-order valence-electron chi connectivity index (χ0n) is 10.8. The normalized spacial score (nSPS) is 9.65. The molecule has 2 rings (SSSR count). The smallest absolute Gasteiger partial charge is 0.271 e. The number of aliphatic hydroxyl groups excluding tert-OH is 1. The van der Waals surface area contributed by atoms with Crippen molar-refractivity contribution in [3.63, 3.8) is 0 Å². The van der Waals surface area contributed by atoms with Gasteiger partial charge in [0, 0.05) is 12.6 Å². The average Bonchev–Trinajstić information content (AvgIpc) is 2.99. The molecule has 0 aliphatic rings. The van der Waals surface area contributed by atoms with Crippen LogP contribution in [0.5, 0.6) is 0 Å². The summed E-state index contributed by atoms with van der Waals surface area (Å²) in [5, 5.41) is 11.4. The van der Waals surface area contributed by atoms with Crippen LogP contribution in [0.15, 0.2) is 41.1 Å². The highest BCUT2D eigenvalue weighted by molar-refractivity contribution is 5.94. The second-order valence-corrected chi connectivity index (χ2v) is 3.94. The number of nitrogens with one attached hydrogen (secondary N) is 1.